The number of sulfone groups is 1. The summed E-state index contributed by atoms with van der Waals surface area (Å²) in [5.41, 5.74) is 1.79. The quantitative estimate of drug-likeness (QED) is 0.759. The fraction of sp³-hybridized carbons (Fsp3) is 0.400. The summed E-state index contributed by atoms with van der Waals surface area (Å²) >= 11 is 6.88. The largest absolute Gasteiger partial charge is 0.224 e. The molecule has 0 aromatic heterocycles. The fourth-order valence-electron chi connectivity index (χ4n) is 1.57. The second-order valence-electron chi connectivity index (χ2n) is 3.47. The Morgan fingerprint density at radius 2 is 1.87 bits per heavy atom. The van der Waals surface area contributed by atoms with E-state index in [0.717, 1.165) is 15.6 Å². The number of hydrogen-bond donors (Lipinski definition) is 0. The van der Waals surface area contributed by atoms with Crippen LogP contribution in [-0.4, -0.2) is 14.7 Å². The van der Waals surface area contributed by atoms with Crippen molar-refractivity contribution in [2.24, 2.45) is 0 Å². The van der Waals surface area contributed by atoms with Crippen LogP contribution in [0.4, 0.5) is 0 Å². The summed E-state index contributed by atoms with van der Waals surface area (Å²) in [5.74, 6) is 0. The SMILES string of the molecule is Cc1c(S(C)(=O)=O)ccc(Br)c1C(C)Br. The van der Waals surface area contributed by atoms with Gasteiger partial charge in [-0.3, -0.25) is 0 Å². The molecule has 0 saturated heterocycles. The molecular formula is C10H12Br2O2S. The average Bonchev–Trinajstić information content (AvgIpc) is 2.00. The first-order chi connectivity index (χ1) is 6.75. The fourth-order valence-corrected chi connectivity index (χ4v) is 4.22. The van der Waals surface area contributed by atoms with Gasteiger partial charge in [0.1, 0.15) is 0 Å². The van der Waals surface area contributed by atoms with E-state index in [-0.39, 0.29) is 4.83 Å². The molecule has 5 heteroatoms. The molecule has 0 heterocycles. The Morgan fingerprint density at radius 3 is 2.27 bits per heavy atom. The van der Waals surface area contributed by atoms with E-state index in [1.54, 1.807) is 12.1 Å². The zero-order valence-corrected chi connectivity index (χ0v) is 12.7. The number of halogens is 2. The van der Waals surface area contributed by atoms with Crippen molar-refractivity contribution in [3.8, 4) is 0 Å². The molecule has 0 radical (unpaired) electrons. The minimum Gasteiger partial charge on any atom is -0.224 e. The van der Waals surface area contributed by atoms with Crippen molar-refractivity contribution < 1.29 is 8.42 Å². The van der Waals surface area contributed by atoms with Gasteiger partial charge in [0, 0.05) is 15.6 Å². The monoisotopic (exact) mass is 354 g/mol. The maximum absolute atomic E-state index is 11.5. The minimum absolute atomic E-state index is 0.119. The summed E-state index contributed by atoms with van der Waals surface area (Å²) in [5, 5.41) is 0. The van der Waals surface area contributed by atoms with E-state index < -0.39 is 9.84 Å². The third kappa shape index (κ3) is 2.82. The van der Waals surface area contributed by atoms with E-state index in [1.807, 2.05) is 13.8 Å². The lowest BCUT2D eigenvalue weighted by Gasteiger charge is -2.14. The first kappa shape index (κ1) is 13.2. The molecule has 0 aliphatic carbocycles. The maximum atomic E-state index is 11.5. The van der Waals surface area contributed by atoms with Gasteiger partial charge in [-0.05, 0) is 37.1 Å². The van der Waals surface area contributed by atoms with Crippen LogP contribution >= 0.6 is 31.9 Å². The van der Waals surface area contributed by atoms with Crippen LogP contribution in [-0.2, 0) is 9.84 Å². The highest BCUT2D eigenvalue weighted by atomic mass is 79.9. The lowest BCUT2D eigenvalue weighted by molar-refractivity contribution is 0.601. The Hall–Kier alpha value is 0.130. The zero-order valence-electron chi connectivity index (χ0n) is 8.71. The zero-order chi connectivity index (χ0) is 11.8. The highest BCUT2D eigenvalue weighted by molar-refractivity contribution is 9.11. The summed E-state index contributed by atoms with van der Waals surface area (Å²) in [6, 6.07) is 3.41. The normalized spacial score (nSPS) is 13.9. The molecule has 1 aromatic rings. The van der Waals surface area contributed by atoms with Gasteiger partial charge in [0.15, 0.2) is 9.84 Å². The smallest absolute Gasteiger partial charge is 0.175 e. The summed E-state index contributed by atoms with van der Waals surface area (Å²) in [6.07, 6.45) is 1.23. The van der Waals surface area contributed by atoms with Crippen LogP contribution in [0.25, 0.3) is 0 Å². The maximum Gasteiger partial charge on any atom is 0.175 e. The highest BCUT2D eigenvalue weighted by Crippen LogP contribution is 2.34. The Kier molecular flexibility index (Phi) is 4.01. The van der Waals surface area contributed by atoms with Gasteiger partial charge in [0.05, 0.1) is 4.90 Å². The molecule has 84 valence electrons. The molecule has 0 spiro atoms. The summed E-state index contributed by atoms with van der Waals surface area (Å²) in [7, 11) is -3.15. The van der Waals surface area contributed by atoms with Crippen LogP contribution in [0.5, 0.6) is 0 Å². The second kappa shape index (κ2) is 4.55. The Morgan fingerprint density at radius 1 is 1.33 bits per heavy atom. The van der Waals surface area contributed by atoms with Crippen molar-refractivity contribution in [1.82, 2.24) is 0 Å². The molecular weight excluding hydrogens is 344 g/mol. The highest BCUT2D eigenvalue weighted by Gasteiger charge is 2.17. The molecule has 2 nitrogen and oxygen atoms in total. The molecule has 1 unspecified atom stereocenters. The van der Waals surface area contributed by atoms with Gasteiger partial charge < -0.3 is 0 Å². The first-order valence-electron chi connectivity index (χ1n) is 4.38. The Bertz CT molecular complexity index is 478. The van der Waals surface area contributed by atoms with E-state index in [4.69, 9.17) is 0 Å². The number of alkyl halides is 1. The minimum atomic E-state index is -3.15. The van der Waals surface area contributed by atoms with Crippen molar-refractivity contribution in [1.29, 1.82) is 0 Å². The van der Waals surface area contributed by atoms with Gasteiger partial charge in [0.2, 0.25) is 0 Å². The third-order valence-corrected chi connectivity index (χ3v) is 4.60. The second-order valence-corrected chi connectivity index (χ2v) is 7.68. The molecule has 0 fully saturated rings. The predicted octanol–water partition coefficient (Wildman–Crippen LogP) is 3.62. The van der Waals surface area contributed by atoms with Crippen LogP contribution in [0, 0.1) is 6.92 Å². The number of rotatable bonds is 2. The summed E-state index contributed by atoms with van der Waals surface area (Å²) in [4.78, 5) is 0.514. The summed E-state index contributed by atoms with van der Waals surface area (Å²) in [6.45, 7) is 3.80. The third-order valence-electron chi connectivity index (χ3n) is 2.21. The number of benzene rings is 1. The average molecular weight is 356 g/mol. The molecule has 0 aliphatic rings. The standard InChI is InChI=1S/C10H12Br2O2S/c1-6-9(15(3,13)14)5-4-8(12)10(6)7(2)11/h4-5,7H,1-3H3. The topological polar surface area (TPSA) is 34.1 Å². The van der Waals surface area contributed by atoms with Gasteiger partial charge in [-0.1, -0.05) is 31.9 Å². The van der Waals surface area contributed by atoms with E-state index >= 15 is 0 Å². The summed E-state index contributed by atoms with van der Waals surface area (Å²) < 4.78 is 23.9. The van der Waals surface area contributed by atoms with E-state index in [0.29, 0.717) is 4.90 Å². The van der Waals surface area contributed by atoms with E-state index in [1.165, 1.54) is 6.26 Å². The Balaban J connectivity index is 3.56. The molecule has 1 rings (SSSR count). The van der Waals surface area contributed by atoms with Crippen molar-refractivity contribution in [3.63, 3.8) is 0 Å². The van der Waals surface area contributed by atoms with Gasteiger partial charge >= 0.3 is 0 Å². The van der Waals surface area contributed by atoms with Gasteiger partial charge in [-0.25, -0.2) is 8.42 Å². The van der Waals surface area contributed by atoms with Crippen LogP contribution in [0.1, 0.15) is 22.9 Å². The molecule has 15 heavy (non-hydrogen) atoms. The van der Waals surface area contributed by atoms with Gasteiger partial charge in [0.25, 0.3) is 0 Å². The molecule has 0 bridgehead atoms. The Labute approximate surface area is 107 Å². The van der Waals surface area contributed by atoms with Crippen LogP contribution in [0.15, 0.2) is 21.5 Å². The first-order valence-corrected chi connectivity index (χ1v) is 7.98. The molecule has 1 aromatic carbocycles. The van der Waals surface area contributed by atoms with Crippen molar-refractivity contribution in [3.05, 3.63) is 27.7 Å². The van der Waals surface area contributed by atoms with Gasteiger partial charge in [-0.15, -0.1) is 0 Å². The lowest BCUT2D eigenvalue weighted by atomic mass is 10.1. The lowest BCUT2D eigenvalue weighted by Crippen LogP contribution is -2.03. The number of hydrogen-bond acceptors (Lipinski definition) is 2. The molecule has 0 saturated carbocycles. The van der Waals surface area contributed by atoms with Crippen molar-refractivity contribution in [2.45, 2.75) is 23.6 Å². The van der Waals surface area contributed by atoms with Gasteiger partial charge in [-0.2, -0.15) is 0 Å². The van der Waals surface area contributed by atoms with Crippen molar-refractivity contribution >= 4 is 41.7 Å². The van der Waals surface area contributed by atoms with Crippen LogP contribution in [0.3, 0.4) is 0 Å². The van der Waals surface area contributed by atoms with E-state index in [9.17, 15) is 8.42 Å². The predicted molar refractivity (Wildman–Crippen MR) is 69.3 cm³/mol. The van der Waals surface area contributed by atoms with Crippen LogP contribution in [0.2, 0.25) is 0 Å². The van der Waals surface area contributed by atoms with E-state index in [2.05, 4.69) is 31.9 Å². The molecule has 1 atom stereocenters. The van der Waals surface area contributed by atoms with Crippen molar-refractivity contribution in [2.75, 3.05) is 6.26 Å². The molecule has 0 N–H and O–H groups in total. The molecule has 0 amide bonds. The molecule has 0 aliphatic heterocycles. The van der Waals surface area contributed by atoms with Crippen LogP contribution < -0.4 is 0 Å².